The van der Waals surface area contributed by atoms with Crippen molar-refractivity contribution in [2.75, 3.05) is 0 Å². The Kier molecular flexibility index (Phi) is 6.01. The Hall–Kier alpha value is -1.40. The molecule has 0 bridgehead atoms. The topological polar surface area (TPSA) is 115 Å². The van der Waals surface area contributed by atoms with Gasteiger partial charge in [0.1, 0.15) is 0 Å². The van der Waals surface area contributed by atoms with E-state index in [0.29, 0.717) is 23.7 Å². The number of hydrazone groups is 1. The zero-order valence-electron chi connectivity index (χ0n) is 19.5. The molecule has 0 aliphatic heterocycles. The highest BCUT2D eigenvalue weighted by molar-refractivity contribution is 5.81. The number of aliphatic hydroxyl groups excluding tert-OH is 1. The van der Waals surface area contributed by atoms with Crippen LogP contribution in [0, 0.1) is 39.9 Å². The Morgan fingerprint density at radius 2 is 1.90 bits per heavy atom. The summed E-state index contributed by atoms with van der Waals surface area (Å²) in [4.78, 5) is 0. The van der Waals surface area contributed by atoms with Gasteiger partial charge in [0.15, 0.2) is 0 Å². The van der Waals surface area contributed by atoms with Crippen molar-refractivity contribution in [3.05, 3.63) is 11.6 Å². The number of hydrogen-bond acceptors (Lipinski definition) is 4. The lowest BCUT2D eigenvalue weighted by molar-refractivity contribution is -0.207. The number of guanidine groups is 1. The minimum absolute atomic E-state index is 0.103. The Bertz CT molecular complexity index is 767. The van der Waals surface area contributed by atoms with E-state index in [0.717, 1.165) is 63.4 Å². The fourth-order valence-corrected chi connectivity index (χ4v) is 8.21. The van der Waals surface area contributed by atoms with Crippen LogP contribution in [0.25, 0.3) is 0 Å². The van der Waals surface area contributed by atoms with E-state index in [4.69, 9.17) is 11.1 Å². The summed E-state index contributed by atoms with van der Waals surface area (Å²) in [6, 6.07) is 0. The number of nitrogens with zero attached hydrogens (tertiary/aromatic N) is 1. The lowest BCUT2D eigenvalue weighted by atomic mass is 9.43. The number of nitrogens with one attached hydrogen (secondary N) is 2. The zero-order valence-corrected chi connectivity index (χ0v) is 19.5. The molecule has 0 aromatic heterocycles. The van der Waals surface area contributed by atoms with Crippen molar-refractivity contribution in [1.82, 2.24) is 5.43 Å². The molecule has 0 aromatic carbocycles. The third kappa shape index (κ3) is 3.64. The minimum atomic E-state index is -0.602. The van der Waals surface area contributed by atoms with Crippen LogP contribution in [-0.2, 0) is 0 Å². The molecule has 0 radical (unpaired) electrons. The van der Waals surface area contributed by atoms with Gasteiger partial charge in [0.25, 0.3) is 0 Å². The first-order valence-electron chi connectivity index (χ1n) is 12.4. The van der Waals surface area contributed by atoms with E-state index >= 15 is 0 Å². The van der Waals surface area contributed by atoms with Crippen molar-refractivity contribution in [2.24, 2.45) is 45.3 Å². The molecule has 0 heterocycles. The van der Waals surface area contributed by atoms with Gasteiger partial charge >= 0.3 is 0 Å². The Labute approximate surface area is 187 Å². The third-order valence-corrected chi connectivity index (χ3v) is 10.1. The van der Waals surface area contributed by atoms with Crippen LogP contribution in [0.1, 0.15) is 85.0 Å². The monoisotopic (exact) mass is 430 g/mol. The molecule has 4 rings (SSSR count). The van der Waals surface area contributed by atoms with Gasteiger partial charge in [-0.2, -0.15) is 5.10 Å². The van der Waals surface area contributed by atoms with E-state index in [1.807, 2.05) is 0 Å². The molecule has 4 fully saturated rings. The van der Waals surface area contributed by atoms with Gasteiger partial charge in [-0.25, -0.2) is 5.43 Å². The van der Waals surface area contributed by atoms with Crippen molar-refractivity contribution in [1.29, 1.82) is 5.41 Å². The lowest BCUT2D eigenvalue weighted by Crippen LogP contribution is -2.62. The summed E-state index contributed by atoms with van der Waals surface area (Å²) in [5, 5.41) is 33.8. The normalized spacial score (nSPS) is 47.5. The molecule has 4 saturated carbocycles. The maximum atomic E-state index is 12.3. The lowest BCUT2D eigenvalue weighted by Gasteiger charge is -2.63. The summed E-state index contributed by atoms with van der Waals surface area (Å²) >= 11 is 0. The van der Waals surface area contributed by atoms with E-state index in [2.05, 4.69) is 37.4 Å². The summed E-state index contributed by atoms with van der Waals surface area (Å²) in [5.74, 6) is 1.74. The van der Waals surface area contributed by atoms with E-state index in [1.54, 1.807) is 6.21 Å². The number of rotatable bonds is 4. The van der Waals surface area contributed by atoms with Crippen molar-refractivity contribution >= 4 is 12.2 Å². The molecule has 4 aliphatic carbocycles. The molecular weight excluding hydrogens is 388 g/mol. The average Bonchev–Trinajstić information content (AvgIpc) is 2.98. The highest BCUT2D eigenvalue weighted by Crippen LogP contribution is 2.69. The predicted molar refractivity (Wildman–Crippen MR) is 125 cm³/mol. The van der Waals surface area contributed by atoms with Crippen LogP contribution in [0.15, 0.2) is 16.8 Å². The van der Waals surface area contributed by atoms with E-state index in [1.165, 1.54) is 6.42 Å². The van der Waals surface area contributed by atoms with Crippen molar-refractivity contribution in [2.45, 2.75) is 96.7 Å². The van der Waals surface area contributed by atoms with E-state index in [-0.39, 0.29) is 22.9 Å². The second kappa shape index (κ2) is 8.18. The summed E-state index contributed by atoms with van der Waals surface area (Å²) in [5.41, 5.74) is 8.52. The average molecular weight is 431 g/mol. The van der Waals surface area contributed by atoms with Crippen molar-refractivity contribution in [3.8, 4) is 0 Å². The number of hydrogen-bond donors (Lipinski definition) is 5. The molecule has 0 amide bonds. The Morgan fingerprint density at radius 3 is 2.61 bits per heavy atom. The standard InChI is InChI=1S/C25H42N4O2/c1-4-16(15-28-29-22(26)27)13-18-7-12-25(31)21-6-5-17-14-19(30)8-10-23(17,2)20(21)9-11-24(18,25)3/h13,15,17-21,30-31H,4-12,14H2,1-3H3,(H4,26,27,29)/b16-13+,28-15+/t17-,18-,19+,20+,21-,23+,24-,25+/m1/s1. The molecule has 0 spiro atoms. The second-order valence-electron chi connectivity index (χ2n) is 11.3. The number of nitrogens with two attached hydrogens (primary N) is 1. The molecule has 6 heteroatoms. The van der Waals surface area contributed by atoms with Gasteiger partial charge in [-0.1, -0.05) is 26.8 Å². The van der Waals surface area contributed by atoms with Crippen LogP contribution in [-0.4, -0.2) is 34.1 Å². The van der Waals surface area contributed by atoms with Crippen LogP contribution < -0.4 is 11.2 Å². The molecule has 0 saturated heterocycles. The molecule has 6 nitrogen and oxygen atoms in total. The van der Waals surface area contributed by atoms with E-state index < -0.39 is 5.60 Å². The third-order valence-electron chi connectivity index (χ3n) is 10.1. The summed E-state index contributed by atoms with van der Waals surface area (Å²) in [6.45, 7) is 6.91. The highest BCUT2D eigenvalue weighted by Gasteiger charge is 2.66. The Morgan fingerprint density at radius 1 is 1.13 bits per heavy atom. The molecular formula is C25H42N4O2. The fourth-order valence-electron chi connectivity index (χ4n) is 8.21. The quantitative estimate of drug-likeness (QED) is 0.264. The maximum Gasteiger partial charge on any atom is 0.206 e. The molecule has 4 aliphatic rings. The van der Waals surface area contributed by atoms with Crippen LogP contribution >= 0.6 is 0 Å². The van der Waals surface area contributed by atoms with Gasteiger partial charge in [-0.3, -0.25) is 5.41 Å². The second-order valence-corrected chi connectivity index (χ2v) is 11.3. The molecule has 0 unspecified atom stereocenters. The smallest absolute Gasteiger partial charge is 0.206 e. The van der Waals surface area contributed by atoms with Gasteiger partial charge in [0, 0.05) is 5.41 Å². The van der Waals surface area contributed by atoms with Crippen LogP contribution in [0.3, 0.4) is 0 Å². The first-order chi connectivity index (χ1) is 14.6. The van der Waals surface area contributed by atoms with Gasteiger partial charge in [-0.15, -0.1) is 0 Å². The molecule has 174 valence electrons. The molecule has 31 heavy (non-hydrogen) atoms. The van der Waals surface area contributed by atoms with Crippen molar-refractivity contribution in [3.63, 3.8) is 0 Å². The molecule has 0 aromatic rings. The number of aliphatic hydroxyl groups is 2. The highest BCUT2D eigenvalue weighted by atomic mass is 16.3. The van der Waals surface area contributed by atoms with Gasteiger partial charge in [0.05, 0.1) is 17.9 Å². The Balaban J connectivity index is 1.57. The first kappa shape index (κ1) is 22.8. The SMILES string of the molecule is CCC(/C=N/NC(=N)N)=C\[C@H]1CC[C@]2(O)[C@@H]3CC[C@@H]4C[C@@H](O)CC[C@]4(C)[C@H]3CC[C@]12C. The van der Waals surface area contributed by atoms with Crippen LogP contribution in [0.2, 0.25) is 0 Å². The van der Waals surface area contributed by atoms with Gasteiger partial charge in [0.2, 0.25) is 5.96 Å². The van der Waals surface area contributed by atoms with Gasteiger partial charge < -0.3 is 15.9 Å². The maximum absolute atomic E-state index is 12.3. The summed E-state index contributed by atoms with van der Waals surface area (Å²) in [7, 11) is 0. The van der Waals surface area contributed by atoms with E-state index in [9.17, 15) is 10.2 Å². The summed E-state index contributed by atoms with van der Waals surface area (Å²) < 4.78 is 0. The van der Waals surface area contributed by atoms with Crippen LogP contribution in [0.5, 0.6) is 0 Å². The molecule has 8 atom stereocenters. The zero-order chi connectivity index (χ0) is 22.4. The fraction of sp³-hybridized carbons (Fsp3) is 0.840. The summed E-state index contributed by atoms with van der Waals surface area (Å²) in [6.07, 6.45) is 14.2. The van der Waals surface area contributed by atoms with Crippen molar-refractivity contribution < 1.29 is 10.2 Å². The first-order valence-corrected chi connectivity index (χ1v) is 12.4. The largest absolute Gasteiger partial charge is 0.393 e. The number of fused-ring (bicyclic) bond motifs is 5. The minimum Gasteiger partial charge on any atom is -0.393 e. The number of allylic oxidation sites excluding steroid dienone is 2. The molecule has 6 N–H and O–H groups in total. The predicted octanol–water partition coefficient (Wildman–Crippen LogP) is 3.93. The van der Waals surface area contributed by atoms with Gasteiger partial charge in [-0.05, 0) is 98.9 Å². The van der Waals surface area contributed by atoms with Crippen LogP contribution in [0.4, 0.5) is 0 Å².